The van der Waals surface area contributed by atoms with E-state index in [1.54, 1.807) is 0 Å². The highest BCUT2D eigenvalue weighted by atomic mass is 15.0. The van der Waals surface area contributed by atoms with Gasteiger partial charge in [-0.1, -0.05) is 12.8 Å². The predicted molar refractivity (Wildman–Crippen MR) is 88.3 cm³/mol. The highest BCUT2D eigenvalue weighted by Crippen LogP contribution is 2.28. The zero-order chi connectivity index (χ0) is 14.9. The van der Waals surface area contributed by atoms with Gasteiger partial charge in [-0.2, -0.15) is 0 Å². The number of hydrogen-bond donors (Lipinski definition) is 1. The van der Waals surface area contributed by atoms with Crippen molar-refractivity contribution in [3.05, 3.63) is 30.1 Å². The van der Waals surface area contributed by atoms with Crippen LogP contribution in [-0.4, -0.2) is 15.1 Å². The van der Waals surface area contributed by atoms with Crippen LogP contribution in [0.4, 0.5) is 0 Å². The van der Waals surface area contributed by atoms with E-state index in [2.05, 4.69) is 47.9 Å². The Hall–Kier alpha value is -1.35. The summed E-state index contributed by atoms with van der Waals surface area (Å²) >= 11 is 0. The SMILES string of the molecule is CC(C)(C)NCc1cn(CC2CCCC2)c2ncccc12. The summed E-state index contributed by atoms with van der Waals surface area (Å²) in [5.74, 6) is 0.839. The summed E-state index contributed by atoms with van der Waals surface area (Å²) in [6.45, 7) is 8.67. The molecular formula is C18H27N3. The first-order valence-corrected chi connectivity index (χ1v) is 8.21. The fourth-order valence-corrected chi connectivity index (χ4v) is 3.31. The van der Waals surface area contributed by atoms with Gasteiger partial charge >= 0.3 is 0 Å². The van der Waals surface area contributed by atoms with Gasteiger partial charge in [-0.15, -0.1) is 0 Å². The topological polar surface area (TPSA) is 29.9 Å². The average molecular weight is 285 g/mol. The Morgan fingerprint density at radius 1 is 1.29 bits per heavy atom. The Kier molecular flexibility index (Phi) is 4.03. The van der Waals surface area contributed by atoms with Gasteiger partial charge < -0.3 is 9.88 Å². The van der Waals surface area contributed by atoms with Crippen molar-refractivity contribution in [1.82, 2.24) is 14.9 Å². The van der Waals surface area contributed by atoms with Crippen LogP contribution in [0.1, 0.15) is 52.0 Å². The van der Waals surface area contributed by atoms with Gasteiger partial charge in [-0.3, -0.25) is 0 Å². The van der Waals surface area contributed by atoms with Crippen LogP contribution in [0.15, 0.2) is 24.5 Å². The Balaban J connectivity index is 1.86. The summed E-state index contributed by atoms with van der Waals surface area (Å²) in [5, 5.41) is 4.89. The summed E-state index contributed by atoms with van der Waals surface area (Å²) in [5.41, 5.74) is 2.66. The smallest absolute Gasteiger partial charge is 0.140 e. The summed E-state index contributed by atoms with van der Waals surface area (Å²) in [4.78, 5) is 4.62. The van der Waals surface area contributed by atoms with Gasteiger partial charge in [0.1, 0.15) is 5.65 Å². The fraction of sp³-hybridized carbons (Fsp3) is 0.611. The van der Waals surface area contributed by atoms with Crippen molar-refractivity contribution in [2.75, 3.05) is 0 Å². The fourth-order valence-electron chi connectivity index (χ4n) is 3.31. The molecule has 114 valence electrons. The summed E-state index contributed by atoms with van der Waals surface area (Å²) in [6, 6.07) is 4.25. The third kappa shape index (κ3) is 3.46. The molecule has 0 saturated heterocycles. The minimum Gasteiger partial charge on any atom is -0.332 e. The second-order valence-corrected chi connectivity index (χ2v) is 7.44. The van der Waals surface area contributed by atoms with E-state index in [0.717, 1.165) is 24.7 Å². The minimum atomic E-state index is 0.141. The molecule has 2 heterocycles. The second-order valence-electron chi connectivity index (χ2n) is 7.44. The number of rotatable bonds is 4. The molecule has 0 spiro atoms. The normalized spacial score (nSPS) is 16.9. The van der Waals surface area contributed by atoms with Crippen molar-refractivity contribution >= 4 is 11.0 Å². The van der Waals surface area contributed by atoms with Crippen LogP contribution in [0.5, 0.6) is 0 Å². The van der Waals surface area contributed by atoms with E-state index >= 15 is 0 Å². The van der Waals surface area contributed by atoms with Crippen LogP contribution in [0.2, 0.25) is 0 Å². The van der Waals surface area contributed by atoms with E-state index in [4.69, 9.17) is 0 Å². The van der Waals surface area contributed by atoms with Crippen molar-refractivity contribution in [1.29, 1.82) is 0 Å². The number of pyridine rings is 1. The third-order valence-electron chi connectivity index (χ3n) is 4.46. The summed E-state index contributed by atoms with van der Waals surface area (Å²) in [6.07, 6.45) is 9.78. The maximum absolute atomic E-state index is 4.62. The van der Waals surface area contributed by atoms with E-state index in [9.17, 15) is 0 Å². The number of aromatic nitrogens is 2. The Labute approximate surface area is 127 Å². The van der Waals surface area contributed by atoms with Crippen LogP contribution < -0.4 is 5.32 Å². The lowest BCUT2D eigenvalue weighted by atomic mass is 10.1. The lowest BCUT2D eigenvalue weighted by molar-refractivity contribution is 0.423. The standard InChI is InChI=1S/C18H27N3/c1-18(2,3)20-11-15-13-21(12-14-7-4-5-8-14)17-16(15)9-6-10-19-17/h6,9-10,13-14,20H,4-5,7-8,11-12H2,1-3H3. The van der Waals surface area contributed by atoms with Crippen molar-refractivity contribution in [3.8, 4) is 0 Å². The highest BCUT2D eigenvalue weighted by Gasteiger charge is 2.18. The van der Waals surface area contributed by atoms with Gasteiger partial charge in [-0.25, -0.2) is 4.98 Å². The molecule has 0 aromatic carbocycles. The van der Waals surface area contributed by atoms with E-state index < -0.39 is 0 Å². The quantitative estimate of drug-likeness (QED) is 0.916. The Morgan fingerprint density at radius 3 is 2.76 bits per heavy atom. The van der Waals surface area contributed by atoms with E-state index in [0.29, 0.717) is 0 Å². The predicted octanol–water partition coefficient (Wildman–Crippen LogP) is 4.11. The summed E-state index contributed by atoms with van der Waals surface area (Å²) in [7, 11) is 0. The molecule has 0 radical (unpaired) electrons. The molecule has 1 aliphatic carbocycles. The van der Waals surface area contributed by atoms with Crippen LogP contribution in [0.3, 0.4) is 0 Å². The maximum atomic E-state index is 4.62. The van der Waals surface area contributed by atoms with Crippen molar-refractivity contribution in [2.45, 2.75) is 65.1 Å². The third-order valence-corrected chi connectivity index (χ3v) is 4.46. The Bertz CT molecular complexity index is 600. The van der Waals surface area contributed by atoms with Gasteiger partial charge in [-0.05, 0) is 57.2 Å². The van der Waals surface area contributed by atoms with Crippen LogP contribution in [0.25, 0.3) is 11.0 Å². The van der Waals surface area contributed by atoms with Crippen molar-refractivity contribution in [2.24, 2.45) is 5.92 Å². The van der Waals surface area contributed by atoms with Crippen molar-refractivity contribution in [3.63, 3.8) is 0 Å². The zero-order valence-corrected chi connectivity index (χ0v) is 13.5. The monoisotopic (exact) mass is 285 g/mol. The van der Waals surface area contributed by atoms with Gasteiger partial charge in [0.2, 0.25) is 0 Å². The van der Waals surface area contributed by atoms with Gasteiger partial charge in [0.05, 0.1) is 0 Å². The first-order valence-electron chi connectivity index (χ1n) is 8.21. The van der Waals surface area contributed by atoms with E-state index in [1.807, 2.05) is 12.3 Å². The molecule has 0 atom stereocenters. The molecule has 1 N–H and O–H groups in total. The van der Waals surface area contributed by atoms with Gasteiger partial charge in [0, 0.05) is 36.4 Å². The molecular weight excluding hydrogens is 258 g/mol. The second kappa shape index (κ2) is 5.80. The first kappa shape index (κ1) is 14.6. The lowest BCUT2D eigenvalue weighted by Gasteiger charge is -2.20. The van der Waals surface area contributed by atoms with E-state index in [-0.39, 0.29) is 5.54 Å². The molecule has 0 bridgehead atoms. The number of hydrogen-bond acceptors (Lipinski definition) is 2. The molecule has 3 rings (SSSR count). The molecule has 1 aliphatic rings. The molecule has 1 fully saturated rings. The number of fused-ring (bicyclic) bond motifs is 1. The van der Waals surface area contributed by atoms with Crippen LogP contribution in [-0.2, 0) is 13.1 Å². The summed E-state index contributed by atoms with van der Waals surface area (Å²) < 4.78 is 2.38. The van der Waals surface area contributed by atoms with E-state index in [1.165, 1.54) is 36.6 Å². The molecule has 2 aromatic rings. The van der Waals surface area contributed by atoms with Gasteiger partial charge in [0.15, 0.2) is 0 Å². The zero-order valence-electron chi connectivity index (χ0n) is 13.5. The highest BCUT2D eigenvalue weighted by molar-refractivity contribution is 5.80. The molecule has 3 heteroatoms. The minimum absolute atomic E-state index is 0.141. The molecule has 0 aliphatic heterocycles. The van der Waals surface area contributed by atoms with Crippen LogP contribution >= 0.6 is 0 Å². The molecule has 2 aromatic heterocycles. The molecule has 3 nitrogen and oxygen atoms in total. The largest absolute Gasteiger partial charge is 0.332 e. The molecule has 0 unspecified atom stereocenters. The average Bonchev–Trinajstić information content (AvgIpc) is 3.05. The molecule has 1 saturated carbocycles. The Morgan fingerprint density at radius 2 is 2.05 bits per heavy atom. The lowest BCUT2D eigenvalue weighted by Crippen LogP contribution is -2.35. The molecule has 21 heavy (non-hydrogen) atoms. The van der Waals surface area contributed by atoms with Gasteiger partial charge in [0.25, 0.3) is 0 Å². The van der Waals surface area contributed by atoms with Crippen molar-refractivity contribution < 1.29 is 0 Å². The number of nitrogens with one attached hydrogen (secondary N) is 1. The maximum Gasteiger partial charge on any atom is 0.140 e. The van der Waals surface area contributed by atoms with Crippen LogP contribution in [0, 0.1) is 5.92 Å². The number of nitrogens with zero attached hydrogens (tertiary/aromatic N) is 2. The molecule has 0 amide bonds. The first-order chi connectivity index (χ1) is 10.0.